The molecule has 2 aliphatic heterocycles. The van der Waals surface area contributed by atoms with E-state index in [0.717, 1.165) is 0 Å². The second kappa shape index (κ2) is 12.8. The largest absolute Gasteiger partial charge is 0.503 e. The van der Waals surface area contributed by atoms with E-state index in [2.05, 4.69) is 22.9 Å². The van der Waals surface area contributed by atoms with E-state index in [4.69, 9.17) is 34.8 Å². The maximum absolute atomic E-state index is 15.5. The standard InChI is InChI=1S/C33H31Cl3F2N6O3/c1-7-21(45)43-16(5)12-42(13-17(43)6)30-18-10-20(34)28(22-23(35)24(36)26(38)31(46)25(22)37)41-32(18)44(33(47)19(30)11-39)29-15(4)8-9-40-27(29)14(2)3/h7-10,14,16-17,27,40,46H,1,12-13H2,2-6H3/t16-,17+,27-/m1/s1. The zero-order valence-electron chi connectivity index (χ0n) is 26.1. The second-order valence-corrected chi connectivity index (χ2v) is 13.2. The molecular weight excluding hydrogens is 673 g/mol. The number of allylic oxidation sites excluding steroid dienone is 2. The maximum atomic E-state index is 15.5. The molecule has 9 nitrogen and oxygen atoms in total. The molecule has 1 saturated heterocycles. The van der Waals surface area contributed by atoms with E-state index in [-0.39, 0.29) is 70.0 Å². The van der Waals surface area contributed by atoms with Gasteiger partial charge in [0, 0.05) is 30.6 Å². The highest BCUT2D eigenvalue weighted by molar-refractivity contribution is 6.44. The highest BCUT2D eigenvalue weighted by atomic mass is 35.5. The molecule has 0 spiro atoms. The summed E-state index contributed by atoms with van der Waals surface area (Å²) in [7, 11) is 0. The molecule has 47 heavy (non-hydrogen) atoms. The summed E-state index contributed by atoms with van der Waals surface area (Å²) in [6.07, 6.45) is 4.77. The fourth-order valence-corrected chi connectivity index (χ4v) is 7.17. The molecule has 2 aromatic heterocycles. The van der Waals surface area contributed by atoms with Crippen molar-refractivity contribution in [1.29, 1.82) is 5.26 Å². The summed E-state index contributed by atoms with van der Waals surface area (Å²) in [4.78, 5) is 35.4. The summed E-state index contributed by atoms with van der Waals surface area (Å²) in [5.41, 5.74) is -0.329. The van der Waals surface area contributed by atoms with Crippen LogP contribution in [-0.2, 0) is 4.79 Å². The fraction of sp³-hybridized carbons (Fsp3) is 0.333. The highest BCUT2D eigenvalue weighted by Gasteiger charge is 2.36. The van der Waals surface area contributed by atoms with Crippen LogP contribution in [0.3, 0.4) is 0 Å². The van der Waals surface area contributed by atoms with E-state index in [1.807, 2.05) is 39.5 Å². The monoisotopic (exact) mass is 702 g/mol. The normalized spacial score (nSPS) is 19.7. The number of rotatable bonds is 5. The predicted molar refractivity (Wildman–Crippen MR) is 181 cm³/mol. The van der Waals surface area contributed by atoms with Crippen LogP contribution in [0.2, 0.25) is 15.1 Å². The molecule has 14 heteroatoms. The minimum atomic E-state index is -1.45. The van der Waals surface area contributed by atoms with Gasteiger partial charge in [-0.2, -0.15) is 5.26 Å². The first kappa shape index (κ1) is 34.2. The quantitative estimate of drug-likeness (QED) is 0.170. The summed E-state index contributed by atoms with van der Waals surface area (Å²) < 4.78 is 31.3. The molecule has 246 valence electrons. The lowest BCUT2D eigenvalue weighted by Gasteiger charge is -2.45. The molecule has 2 N–H and O–H groups in total. The number of fused-ring (bicyclic) bond motifs is 1. The zero-order valence-corrected chi connectivity index (χ0v) is 28.4. The number of carbonyl (C=O) groups excluding carboxylic acids is 1. The van der Waals surface area contributed by atoms with Crippen molar-refractivity contribution in [2.24, 2.45) is 5.92 Å². The van der Waals surface area contributed by atoms with Gasteiger partial charge in [0.25, 0.3) is 5.56 Å². The lowest BCUT2D eigenvalue weighted by molar-refractivity contribution is -0.130. The molecule has 0 saturated carbocycles. The Balaban J connectivity index is 1.92. The average Bonchev–Trinajstić information content (AvgIpc) is 3.02. The molecule has 3 atom stereocenters. The Labute approximate surface area is 284 Å². The third kappa shape index (κ3) is 5.52. The number of benzene rings is 1. The first-order chi connectivity index (χ1) is 22.2. The number of hydrogen-bond acceptors (Lipinski definition) is 7. The summed E-state index contributed by atoms with van der Waals surface area (Å²) in [5.74, 6) is -4.57. The van der Waals surface area contributed by atoms with Gasteiger partial charge >= 0.3 is 0 Å². The van der Waals surface area contributed by atoms with Crippen molar-refractivity contribution in [3.63, 3.8) is 0 Å². The van der Waals surface area contributed by atoms with Gasteiger partial charge in [0.2, 0.25) is 5.91 Å². The van der Waals surface area contributed by atoms with E-state index in [1.54, 1.807) is 17.2 Å². The number of carbonyl (C=O) groups is 1. The van der Waals surface area contributed by atoms with Gasteiger partial charge in [-0.15, -0.1) is 0 Å². The number of phenolic OH excluding ortho intramolecular Hbond substituents is 1. The van der Waals surface area contributed by atoms with Crippen LogP contribution in [0.25, 0.3) is 28.0 Å². The lowest BCUT2D eigenvalue weighted by atomic mass is 9.94. The Morgan fingerprint density at radius 1 is 1.19 bits per heavy atom. The molecule has 3 aromatic rings. The zero-order chi connectivity index (χ0) is 34.6. The van der Waals surface area contributed by atoms with Crippen molar-refractivity contribution < 1.29 is 18.7 Å². The number of aromatic nitrogens is 2. The number of halogens is 5. The predicted octanol–water partition coefficient (Wildman–Crippen LogP) is 6.86. The summed E-state index contributed by atoms with van der Waals surface area (Å²) >= 11 is 19.1. The maximum Gasteiger partial charge on any atom is 0.276 e. The smallest absolute Gasteiger partial charge is 0.276 e. The minimum absolute atomic E-state index is 0.000748. The molecule has 0 aliphatic carbocycles. The second-order valence-electron chi connectivity index (χ2n) is 12.0. The molecular formula is C33H31Cl3F2N6O3. The average molecular weight is 704 g/mol. The van der Waals surface area contributed by atoms with Crippen LogP contribution < -0.4 is 15.8 Å². The van der Waals surface area contributed by atoms with Crippen LogP contribution >= 0.6 is 34.8 Å². The molecule has 5 rings (SSSR count). The van der Waals surface area contributed by atoms with Crippen LogP contribution in [0.15, 0.2) is 41.4 Å². The third-order valence-corrected chi connectivity index (χ3v) is 9.66. The van der Waals surface area contributed by atoms with Crippen molar-refractivity contribution in [3.8, 4) is 23.1 Å². The van der Waals surface area contributed by atoms with E-state index >= 15 is 4.39 Å². The number of amides is 1. The van der Waals surface area contributed by atoms with Gasteiger partial charge < -0.3 is 20.2 Å². The Bertz CT molecular complexity index is 1980. The van der Waals surface area contributed by atoms with Gasteiger partial charge in [-0.3, -0.25) is 14.2 Å². The first-order valence-corrected chi connectivity index (χ1v) is 15.9. The minimum Gasteiger partial charge on any atom is -0.503 e. The summed E-state index contributed by atoms with van der Waals surface area (Å²) in [6.45, 7) is 13.5. The van der Waals surface area contributed by atoms with Crippen LogP contribution in [0.5, 0.6) is 5.75 Å². The van der Waals surface area contributed by atoms with Crippen molar-refractivity contribution in [1.82, 2.24) is 19.8 Å². The molecule has 0 radical (unpaired) electrons. The molecule has 1 aromatic carbocycles. The molecule has 0 unspecified atom stereocenters. The number of piperazine rings is 1. The van der Waals surface area contributed by atoms with Crippen LogP contribution in [0.4, 0.5) is 14.5 Å². The number of phenols is 1. The summed E-state index contributed by atoms with van der Waals surface area (Å²) in [5, 5.41) is 22.7. The van der Waals surface area contributed by atoms with E-state index < -0.39 is 44.6 Å². The highest BCUT2D eigenvalue weighted by Crippen LogP contribution is 2.45. The van der Waals surface area contributed by atoms with Gasteiger partial charge in [-0.1, -0.05) is 55.2 Å². The van der Waals surface area contributed by atoms with Crippen LogP contribution in [0, 0.1) is 28.9 Å². The molecule has 4 heterocycles. The summed E-state index contributed by atoms with van der Waals surface area (Å²) in [6, 6.07) is 2.44. The van der Waals surface area contributed by atoms with Crippen molar-refractivity contribution in [3.05, 3.63) is 79.2 Å². The van der Waals surface area contributed by atoms with Crippen molar-refractivity contribution >= 4 is 63.1 Å². The molecule has 1 amide bonds. The van der Waals surface area contributed by atoms with Crippen molar-refractivity contribution in [2.45, 2.75) is 52.7 Å². The Hall–Kier alpha value is -4.11. The van der Waals surface area contributed by atoms with Gasteiger partial charge in [0.15, 0.2) is 17.4 Å². The van der Waals surface area contributed by atoms with E-state index in [9.17, 15) is 24.3 Å². The third-order valence-electron chi connectivity index (χ3n) is 8.54. The van der Waals surface area contributed by atoms with E-state index in [1.165, 1.54) is 16.7 Å². The topological polar surface area (TPSA) is 114 Å². The Kier molecular flexibility index (Phi) is 9.34. The molecule has 1 fully saturated rings. The van der Waals surface area contributed by atoms with Gasteiger partial charge in [-0.25, -0.2) is 13.8 Å². The number of nitrogens with one attached hydrogen (secondary N) is 1. The van der Waals surface area contributed by atoms with Crippen LogP contribution in [-0.4, -0.2) is 56.7 Å². The number of pyridine rings is 2. The fourth-order valence-electron chi connectivity index (χ4n) is 6.48. The number of dihydropyridines is 1. The van der Waals surface area contributed by atoms with Gasteiger partial charge in [0.05, 0.1) is 43.8 Å². The first-order valence-electron chi connectivity index (χ1n) is 14.7. The number of nitrogens with zero attached hydrogens (tertiary/aromatic N) is 5. The molecule has 2 aliphatic rings. The number of nitriles is 1. The Morgan fingerprint density at radius 3 is 2.40 bits per heavy atom. The SMILES string of the molecule is C=CC(=O)N1[C@H](C)CN(c2c(C#N)c(=O)n(C3=C(C)C=CN[C@@H]3C(C)C)c3nc(-c4c(F)c(O)c(F)c(Cl)c4Cl)c(Cl)cc23)C[C@@H]1C. The van der Waals surface area contributed by atoms with Crippen molar-refractivity contribution in [2.75, 3.05) is 18.0 Å². The number of aromatic hydroxyl groups is 1. The number of anilines is 1. The Morgan fingerprint density at radius 2 is 1.83 bits per heavy atom. The van der Waals surface area contributed by atoms with Crippen LogP contribution in [0.1, 0.15) is 40.2 Å². The van der Waals surface area contributed by atoms with E-state index in [0.29, 0.717) is 11.3 Å². The van der Waals surface area contributed by atoms with Gasteiger partial charge in [-0.05, 0) is 56.7 Å². The van der Waals surface area contributed by atoms with Gasteiger partial charge in [0.1, 0.15) is 17.3 Å². The molecule has 0 bridgehead atoms. The number of hydrogen-bond donors (Lipinski definition) is 2. The lowest BCUT2D eigenvalue weighted by Crippen LogP contribution is -2.58.